The van der Waals surface area contributed by atoms with E-state index in [2.05, 4.69) is 21.4 Å². The van der Waals surface area contributed by atoms with Crippen LogP contribution in [0.1, 0.15) is 60.0 Å². The Morgan fingerprint density at radius 3 is 2.66 bits per heavy atom. The minimum absolute atomic E-state index is 0.0895. The number of amides is 2. The van der Waals surface area contributed by atoms with Gasteiger partial charge in [-0.15, -0.1) is 0 Å². The number of fused-ring (bicyclic) bond motifs is 1. The molecule has 0 atom stereocenters. The van der Waals surface area contributed by atoms with Crippen LogP contribution in [0.4, 0.5) is 0 Å². The van der Waals surface area contributed by atoms with E-state index in [0.717, 1.165) is 54.3 Å². The fraction of sp³-hybridized carbons (Fsp3) is 0.323. The molecule has 38 heavy (non-hydrogen) atoms. The van der Waals surface area contributed by atoms with Crippen molar-refractivity contribution in [3.63, 3.8) is 0 Å². The van der Waals surface area contributed by atoms with E-state index >= 15 is 0 Å². The zero-order valence-electron chi connectivity index (χ0n) is 21.9. The standard InChI is InChI=1S/C31H35N5O2/c1-24-10-12-25(13-11-24)29(37)36(20-7-19-35-21-18-32-23-35)31(15-5-2-6-16-31)30(38)33-17-14-26-22-34-28-9-4-3-8-27(26)28/h3-4,8-14,17-18,21-23,34H,2,5-7,15-16,19-20H2,1H3,(H,33,38). The first-order valence-electron chi connectivity index (χ1n) is 13.4. The molecule has 4 aromatic rings. The van der Waals surface area contributed by atoms with Gasteiger partial charge in [0.2, 0.25) is 5.91 Å². The minimum Gasteiger partial charge on any atom is -0.361 e. The largest absolute Gasteiger partial charge is 0.361 e. The van der Waals surface area contributed by atoms with Crippen molar-refractivity contribution in [1.29, 1.82) is 0 Å². The molecule has 196 valence electrons. The summed E-state index contributed by atoms with van der Waals surface area (Å²) < 4.78 is 2.01. The van der Waals surface area contributed by atoms with Crippen LogP contribution >= 0.6 is 0 Å². The third-order valence-corrected chi connectivity index (χ3v) is 7.62. The fourth-order valence-corrected chi connectivity index (χ4v) is 5.52. The van der Waals surface area contributed by atoms with Crippen molar-refractivity contribution in [3.05, 3.63) is 96.3 Å². The molecule has 7 nitrogen and oxygen atoms in total. The Kier molecular flexibility index (Phi) is 7.73. The number of aromatic nitrogens is 3. The number of carbonyl (C=O) groups is 2. The number of nitrogens with zero attached hydrogens (tertiary/aromatic N) is 3. The molecule has 0 bridgehead atoms. The summed E-state index contributed by atoms with van der Waals surface area (Å²) in [6.45, 7) is 3.23. The van der Waals surface area contributed by atoms with Gasteiger partial charge in [0.25, 0.3) is 5.91 Å². The van der Waals surface area contributed by atoms with Crippen LogP contribution in [-0.4, -0.2) is 43.3 Å². The highest BCUT2D eigenvalue weighted by Gasteiger charge is 2.46. The first-order chi connectivity index (χ1) is 18.6. The lowest BCUT2D eigenvalue weighted by molar-refractivity contribution is -0.133. The van der Waals surface area contributed by atoms with Gasteiger partial charge in [-0.1, -0.05) is 55.2 Å². The number of para-hydroxylation sites is 1. The molecular weight excluding hydrogens is 474 g/mol. The summed E-state index contributed by atoms with van der Waals surface area (Å²) in [5.74, 6) is -0.204. The predicted octanol–water partition coefficient (Wildman–Crippen LogP) is 5.70. The number of hydrogen-bond acceptors (Lipinski definition) is 3. The monoisotopic (exact) mass is 509 g/mol. The van der Waals surface area contributed by atoms with Gasteiger partial charge in [0.1, 0.15) is 5.54 Å². The molecule has 0 aliphatic heterocycles. The summed E-state index contributed by atoms with van der Waals surface area (Å²) in [7, 11) is 0. The number of carbonyl (C=O) groups excluding carboxylic acids is 2. The molecule has 2 heterocycles. The third-order valence-electron chi connectivity index (χ3n) is 7.62. The second-order valence-electron chi connectivity index (χ2n) is 10.2. The summed E-state index contributed by atoms with van der Waals surface area (Å²) in [5.41, 5.74) is 2.88. The molecule has 1 fully saturated rings. The number of rotatable bonds is 9. The number of hydrogen-bond donors (Lipinski definition) is 2. The number of benzene rings is 2. The van der Waals surface area contributed by atoms with Gasteiger partial charge >= 0.3 is 0 Å². The summed E-state index contributed by atoms with van der Waals surface area (Å²) in [6, 6.07) is 15.7. The van der Waals surface area contributed by atoms with Gasteiger partial charge < -0.3 is 19.8 Å². The molecule has 1 aliphatic rings. The first-order valence-corrected chi connectivity index (χ1v) is 13.4. The van der Waals surface area contributed by atoms with Crippen LogP contribution in [0, 0.1) is 6.92 Å². The molecule has 2 aromatic carbocycles. The molecule has 2 N–H and O–H groups in total. The normalized spacial score (nSPS) is 15.1. The van der Waals surface area contributed by atoms with Crippen LogP contribution in [0.2, 0.25) is 0 Å². The molecule has 0 unspecified atom stereocenters. The van der Waals surface area contributed by atoms with Crippen molar-refractivity contribution in [2.75, 3.05) is 6.54 Å². The molecule has 2 aromatic heterocycles. The molecule has 0 saturated heterocycles. The van der Waals surface area contributed by atoms with E-state index in [9.17, 15) is 9.59 Å². The Labute approximate surface area is 223 Å². The van der Waals surface area contributed by atoms with E-state index < -0.39 is 5.54 Å². The summed E-state index contributed by atoms with van der Waals surface area (Å²) in [4.78, 5) is 37.2. The van der Waals surface area contributed by atoms with Gasteiger partial charge in [-0.3, -0.25) is 9.59 Å². The molecule has 0 spiro atoms. The number of aromatic amines is 1. The second kappa shape index (κ2) is 11.5. The highest BCUT2D eigenvalue weighted by Crippen LogP contribution is 2.35. The Morgan fingerprint density at radius 2 is 1.89 bits per heavy atom. The maximum atomic E-state index is 14.0. The van der Waals surface area contributed by atoms with Gasteiger partial charge in [0, 0.05) is 59.9 Å². The first kappa shape index (κ1) is 25.5. The van der Waals surface area contributed by atoms with E-state index in [1.807, 2.05) is 77.3 Å². The van der Waals surface area contributed by atoms with Gasteiger partial charge in [-0.25, -0.2) is 4.98 Å². The van der Waals surface area contributed by atoms with Crippen LogP contribution < -0.4 is 5.32 Å². The van der Waals surface area contributed by atoms with Crippen molar-refractivity contribution in [2.24, 2.45) is 0 Å². The van der Waals surface area contributed by atoms with Crippen LogP contribution in [0.15, 0.2) is 79.6 Å². The van der Waals surface area contributed by atoms with Crippen LogP contribution in [-0.2, 0) is 11.3 Å². The number of imidazole rings is 1. The third kappa shape index (κ3) is 5.42. The van der Waals surface area contributed by atoms with Crippen LogP contribution in [0.5, 0.6) is 0 Å². The maximum absolute atomic E-state index is 14.0. The molecule has 5 rings (SSSR count). The van der Waals surface area contributed by atoms with Gasteiger partial charge in [0.15, 0.2) is 0 Å². The molecule has 1 aliphatic carbocycles. The zero-order chi connectivity index (χ0) is 26.4. The van der Waals surface area contributed by atoms with Gasteiger partial charge in [-0.05, 0) is 50.5 Å². The van der Waals surface area contributed by atoms with Crippen molar-refractivity contribution in [2.45, 2.75) is 57.5 Å². The smallest absolute Gasteiger partial charge is 0.254 e. The van der Waals surface area contributed by atoms with Crippen LogP contribution in [0.3, 0.4) is 0 Å². The average Bonchev–Trinajstić information content (AvgIpc) is 3.62. The predicted molar refractivity (Wildman–Crippen MR) is 150 cm³/mol. The SMILES string of the molecule is Cc1ccc(C(=O)N(CCCn2ccnc2)C2(C(=O)NC=Cc3c[nH]c4ccccc34)CCCCC2)cc1. The number of nitrogens with one attached hydrogen (secondary N) is 2. The summed E-state index contributed by atoms with van der Waals surface area (Å²) in [6.07, 6.45) is 16.0. The lowest BCUT2D eigenvalue weighted by Gasteiger charge is -2.45. The molecule has 7 heteroatoms. The fourth-order valence-electron chi connectivity index (χ4n) is 5.52. The topological polar surface area (TPSA) is 83.0 Å². The van der Waals surface area contributed by atoms with E-state index in [1.165, 1.54) is 0 Å². The molecule has 0 radical (unpaired) electrons. The highest BCUT2D eigenvalue weighted by molar-refractivity contribution is 6.00. The van der Waals surface area contributed by atoms with Crippen molar-refractivity contribution < 1.29 is 9.59 Å². The molecule has 2 amide bonds. The average molecular weight is 510 g/mol. The van der Waals surface area contributed by atoms with Crippen molar-refractivity contribution in [1.82, 2.24) is 24.8 Å². The Hall–Kier alpha value is -4.13. The van der Waals surface area contributed by atoms with E-state index in [0.29, 0.717) is 24.9 Å². The summed E-state index contributed by atoms with van der Waals surface area (Å²) >= 11 is 0. The molecular formula is C31H35N5O2. The van der Waals surface area contributed by atoms with Crippen molar-refractivity contribution >= 4 is 28.8 Å². The van der Waals surface area contributed by atoms with E-state index in [4.69, 9.17) is 0 Å². The molecule has 1 saturated carbocycles. The maximum Gasteiger partial charge on any atom is 0.254 e. The Morgan fingerprint density at radius 1 is 1.11 bits per heavy atom. The van der Waals surface area contributed by atoms with Crippen LogP contribution in [0.25, 0.3) is 17.0 Å². The minimum atomic E-state index is -0.889. The van der Waals surface area contributed by atoms with E-state index in [1.54, 1.807) is 18.7 Å². The number of H-pyrrole nitrogens is 1. The van der Waals surface area contributed by atoms with Gasteiger partial charge in [0.05, 0.1) is 6.33 Å². The lowest BCUT2D eigenvalue weighted by atomic mass is 9.78. The van der Waals surface area contributed by atoms with E-state index in [-0.39, 0.29) is 11.8 Å². The second-order valence-corrected chi connectivity index (χ2v) is 10.2. The highest BCUT2D eigenvalue weighted by atomic mass is 16.2. The zero-order valence-corrected chi connectivity index (χ0v) is 21.9. The Balaban J connectivity index is 1.40. The van der Waals surface area contributed by atoms with Crippen molar-refractivity contribution in [3.8, 4) is 0 Å². The quantitative estimate of drug-likeness (QED) is 0.304. The lowest BCUT2D eigenvalue weighted by Crippen LogP contribution is -2.61. The summed E-state index contributed by atoms with van der Waals surface area (Å²) in [5, 5.41) is 4.15. The number of aryl methyl sites for hydroxylation is 2. The Bertz CT molecular complexity index is 1400. The van der Waals surface area contributed by atoms with Gasteiger partial charge in [-0.2, -0.15) is 0 Å².